The Morgan fingerprint density at radius 3 is 2.53 bits per heavy atom. The number of para-hydroxylation sites is 1. The van der Waals surface area contributed by atoms with Crippen LogP contribution in [0.15, 0.2) is 54.6 Å². The zero-order chi connectivity index (χ0) is 21.0. The van der Waals surface area contributed by atoms with E-state index >= 15 is 0 Å². The maximum absolute atomic E-state index is 13.1. The van der Waals surface area contributed by atoms with Crippen molar-refractivity contribution < 1.29 is 22.7 Å². The van der Waals surface area contributed by atoms with Crippen LogP contribution in [0, 0.1) is 0 Å². The third kappa shape index (κ3) is 5.02. The first kappa shape index (κ1) is 20.9. The van der Waals surface area contributed by atoms with Crippen LogP contribution in [0.1, 0.15) is 19.3 Å². The van der Waals surface area contributed by atoms with Gasteiger partial charge < -0.3 is 14.4 Å². The van der Waals surface area contributed by atoms with Crippen LogP contribution in [0.3, 0.4) is 0 Å². The van der Waals surface area contributed by atoms with Crippen LogP contribution < -0.4 is 4.74 Å². The maximum Gasteiger partial charge on any atom is 0.260 e. The molecule has 30 heavy (non-hydrogen) atoms. The molecule has 2 atom stereocenters. The van der Waals surface area contributed by atoms with Crippen LogP contribution >= 0.6 is 0 Å². The molecular weight excluding hydrogens is 402 g/mol. The molecule has 0 saturated carbocycles. The Morgan fingerprint density at radius 1 is 1.07 bits per heavy atom. The van der Waals surface area contributed by atoms with E-state index in [-0.39, 0.29) is 36.2 Å². The highest BCUT2D eigenvalue weighted by Crippen LogP contribution is 2.30. The lowest BCUT2D eigenvalue weighted by atomic mass is 10.1. The third-order valence-corrected chi connectivity index (χ3v) is 7.47. The molecule has 2 saturated heterocycles. The molecule has 1 amide bonds. The van der Waals surface area contributed by atoms with Gasteiger partial charge in [-0.15, -0.1) is 0 Å². The van der Waals surface area contributed by atoms with Gasteiger partial charge in [-0.2, -0.15) is 0 Å². The molecule has 0 unspecified atom stereocenters. The SMILES string of the molecule is O=C(COc1ccccc1-c1ccccc1)N(C[C@@H]1CCCO1)[C@@H]1CCS(=O)(=O)C1. The van der Waals surface area contributed by atoms with E-state index < -0.39 is 9.84 Å². The minimum Gasteiger partial charge on any atom is -0.483 e. The largest absolute Gasteiger partial charge is 0.483 e. The molecule has 2 aliphatic heterocycles. The monoisotopic (exact) mass is 429 g/mol. The first-order chi connectivity index (χ1) is 14.5. The van der Waals surface area contributed by atoms with Gasteiger partial charge in [-0.3, -0.25) is 4.79 Å². The Bertz CT molecular complexity index is 970. The molecule has 2 aromatic rings. The summed E-state index contributed by atoms with van der Waals surface area (Å²) in [6, 6.07) is 17.2. The van der Waals surface area contributed by atoms with Crippen LogP contribution in [-0.2, 0) is 19.4 Å². The van der Waals surface area contributed by atoms with Crippen LogP contribution in [0.2, 0.25) is 0 Å². The Labute approximate surface area is 177 Å². The number of benzene rings is 2. The minimum absolute atomic E-state index is 0.0199. The van der Waals surface area contributed by atoms with Crippen LogP contribution in [0.4, 0.5) is 0 Å². The Morgan fingerprint density at radius 2 is 1.83 bits per heavy atom. The molecule has 0 radical (unpaired) electrons. The van der Waals surface area contributed by atoms with E-state index in [1.54, 1.807) is 4.90 Å². The summed E-state index contributed by atoms with van der Waals surface area (Å²) in [4.78, 5) is 14.8. The van der Waals surface area contributed by atoms with E-state index in [9.17, 15) is 13.2 Å². The summed E-state index contributed by atoms with van der Waals surface area (Å²) >= 11 is 0. The third-order valence-electron chi connectivity index (χ3n) is 5.72. The lowest BCUT2D eigenvalue weighted by Gasteiger charge is -2.30. The molecule has 7 heteroatoms. The summed E-state index contributed by atoms with van der Waals surface area (Å²) in [7, 11) is -3.09. The highest BCUT2D eigenvalue weighted by atomic mass is 32.2. The van der Waals surface area contributed by atoms with Gasteiger partial charge in [0.25, 0.3) is 5.91 Å². The van der Waals surface area contributed by atoms with Crippen molar-refractivity contribution >= 4 is 15.7 Å². The van der Waals surface area contributed by atoms with Crippen molar-refractivity contribution in [2.75, 3.05) is 31.3 Å². The number of carbonyl (C=O) groups is 1. The van der Waals surface area contributed by atoms with Gasteiger partial charge in [0.1, 0.15) is 5.75 Å². The second-order valence-electron chi connectivity index (χ2n) is 7.89. The van der Waals surface area contributed by atoms with Crippen LogP contribution in [0.5, 0.6) is 5.75 Å². The highest BCUT2D eigenvalue weighted by Gasteiger charge is 2.36. The second-order valence-corrected chi connectivity index (χ2v) is 10.1. The number of sulfone groups is 1. The fourth-order valence-corrected chi connectivity index (χ4v) is 5.89. The lowest BCUT2D eigenvalue weighted by molar-refractivity contribution is -0.137. The maximum atomic E-state index is 13.1. The Balaban J connectivity index is 1.48. The molecule has 0 aliphatic carbocycles. The molecule has 2 fully saturated rings. The number of hydrogen-bond acceptors (Lipinski definition) is 5. The van der Waals surface area contributed by atoms with E-state index in [1.807, 2.05) is 54.6 Å². The fourth-order valence-electron chi connectivity index (χ4n) is 4.15. The van der Waals surface area contributed by atoms with Crippen molar-refractivity contribution in [3.05, 3.63) is 54.6 Å². The van der Waals surface area contributed by atoms with Gasteiger partial charge in [-0.25, -0.2) is 8.42 Å². The Hall–Kier alpha value is -2.38. The fraction of sp³-hybridized carbons (Fsp3) is 0.435. The van der Waals surface area contributed by atoms with Gasteiger partial charge in [-0.1, -0.05) is 48.5 Å². The summed E-state index contributed by atoms with van der Waals surface area (Å²) in [6.45, 7) is 0.979. The number of hydrogen-bond donors (Lipinski definition) is 0. The van der Waals surface area contributed by atoms with Crippen molar-refractivity contribution in [2.24, 2.45) is 0 Å². The molecule has 0 N–H and O–H groups in total. The quantitative estimate of drug-likeness (QED) is 0.677. The van der Waals surface area contributed by atoms with Crippen molar-refractivity contribution in [2.45, 2.75) is 31.4 Å². The predicted octanol–water partition coefficient (Wildman–Crippen LogP) is 2.93. The van der Waals surface area contributed by atoms with Gasteiger partial charge >= 0.3 is 0 Å². The van der Waals surface area contributed by atoms with E-state index in [0.29, 0.717) is 25.3 Å². The smallest absolute Gasteiger partial charge is 0.260 e. The van der Waals surface area contributed by atoms with Gasteiger partial charge in [0.05, 0.1) is 17.6 Å². The second kappa shape index (κ2) is 9.18. The van der Waals surface area contributed by atoms with Crippen LogP contribution in [0.25, 0.3) is 11.1 Å². The van der Waals surface area contributed by atoms with Crippen molar-refractivity contribution in [1.82, 2.24) is 4.90 Å². The van der Waals surface area contributed by atoms with E-state index in [2.05, 4.69) is 0 Å². The zero-order valence-corrected chi connectivity index (χ0v) is 17.7. The summed E-state index contributed by atoms with van der Waals surface area (Å²) in [6.07, 6.45) is 2.30. The first-order valence-electron chi connectivity index (χ1n) is 10.4. The van der Waals surface area contributed by atoms with Crippen molar-refractivity contribution in [1.29, 1.82) is 0 Å². The molecule has 4 rings (SSSR count). The summed E-state index contributed by atoms with van der Waals surface area (Å²) in [5, 5.41) is 0. The van der Waals surface area contributed by atoms with E-state index in [0.717, 1.165) is 24.0 Å². The van der Waals surface area contributed by atoms with Gasteiger partial charge in [0, 0.05) is 24.8 Å². The number of carbonyl (C=O) groups excluding carboxylic acids is 1. The molecule has 0 aromatic heterocycles. The van der Waals surface area contributed by atoms with E-state index in [4.69, 9.17) is 9.47 Å². The number of amides is 1. The normalized spacial score (nSPS) is 22.7. The summed E-state index contributed by atoms with van der Waals surface area (Å²) in [5.41, 5.74) is 1.93. The molecule has 0 spiro atoms. The van der Waals surface area contributed by atoms with Gasteiger partial charge in [0.2, 0.25) is 0 Å². The zero-order valence-electron chi connectivity index (χ0n) is 16.9. The molecule has 2 aliphatic rings. The standard InChI is InChI=1S/C23H27NO5S/c25-23(16-29-22-11-5-4-10-21(22)18-7-2-1-3-8-18)24(15-20-9-6-13-28-20)19-12-14-30(26,27)17-19/h1-5,7-8,10-11,19-20H,6,9,12-17H2/t19-,20+/m1/s1. The highest BCUT2D eigenvalue weighted by molar-refractivity contribution is 7.91. The molecule has 2 aromatic carbocycles. The first-order valence-corrected chi connectivity index (χ1v) is 12.2. The molecular formula is C23H27NO5S. The summed E-state index contributed by atoms with van der Waals surface area (Å²) < 4.78 is 35.6. The van der Waals surface area contributed by atoms with Crippen molar-refractivity contribution in [3.8, 4) is 16.9 Å². The molecule has 2 heterocycles. The number of ether oxygens (including phenoxy) is 2. The van der Waals surface area contributed by atoms with Gasteiger partial charge in [0.15, 0.2) is 16.4 Å². The van der Waals surface area contributed by atoms with Crippen molar-refractivity contribution in [3.63, 3.8) is 0 Å². The van der Waals surface area contributed by atoms with Gasteiger partial charge in [-0.05, 0) is 30.9 Å². The average Bonchev–Trinajstić information content (AvgIpc) is 3.40. The molecule has 6 nitrogen and oxygen atoms in total. The topological polar surface area (TPSA) is 72.9 Å². The molecule has 0 bridgehead atoms. The average molecular weight is 430 g/mol. The summed E-state index contributed by atoms with van der Waals surface area (Å²) in [5.74, 6) is 0.583. The number of nitrogens with zero attached hydrogens (tertiary/aromatic N) is 1. The number of rotatable bonds is 7. The molecule has 160 valence electrons. The van der Waals surface area contributed by atoms with Crippen LogP contribution in [-0.4, -0.2) is 62.6 Å². The minimum atomic E-state index is -3.09. The van der Waals surface area contributed by atoms with E-state index in [1.165, 1.54) is 0 Å². The predicted molar refractivity (Wildman–Crippen MR) is 115 cm³/mol. The lowest BCUT2D eigenvalue weighted by Crippen LogP contribution is -2.47. The Kier molecular flexibility index (Phi) is 6.39.